The Balaban J connectivity index is 1.55. The van der Waals surface area contributed by atoms with Crippen LogP contribution in [0.1, 0.15) is 50.2 Å². The number of amides is 3. The highest BCUT2D eigenvalue weighted by Gasteiger charge is 2.34. The monoisotopic (exact) mass is 350 g/mol. The summed E-state index contributed by atoms with van der Waals surface area (Å²) in [5.41, 5.74) is 4.89. The molecule has 0 saturated carbocycles. The number of hydrogen-bond donors (Lipinski definition) is 1. The largest absolute Gasteiger partial charge is 0.326 e. The maximum absolute atomic E-state index is 12.4. The van der Waals surface area contributed by atoms with Crippen LogP contribution in [0.4, 0.5) is 5.69 Å². The maximum atomic E-state index is 12.4. The van der Waals surface area contributed by atoms with Crippen molar-refractivity contribution in [1.82, 2.24) is 4.90 Å². The molecule has 0 fully saturated rings. The Morgan fingerprint density at radius 2 is 1.65 bits per heavy atom. The second-order valence-corrected chi connectivity index (χ2v) is 6.76. The summed E-state index contributed by atoms with van der Waals surface area (Å²) in [4.78, 5) is 38.1. The highest BCUT2D eigenvalue weighted by molar-refractivity contribution is 6.21. The van der Waals surface area contributed by atoms with Gasteiger partial charge in [0.2, 0.25) is 5.91 Å². The molecular formula is C21H22N2O3. The van der Waals surface area contributed by atoms with Gasteiger partial charge >= 0.3 is 0 Å². The molecule has 0 aromatic heterocycles. The van der Waals surface area contributed by atoms with Crippen molar-refractivity contribution in [1.29, 1.82) is 0 Å². The summed E-state index contributed by atoms with van der Waals surface area (Å²) in [6, 6.07) is 11.0. The van der Waals surface area contributed by atoms with Crippen molar-refractivity contribution in [3.63, 3.8) is 0 Å². The average molecular weight is 350 g/mol. The molecule has 0 aliphatic carbocycles. The Bertz CT molecular complexity index is 902. The molecule has 0 radical (unpaired) electrons. The first-order chi connectivity index (χ1) is 12.4. The van der Waals surface area contributed by atoms with Crippen molar-refractivity contribution in [2.75, 3.05) is 11.9 Å². The fraction of sp³-hybridized carbons (Fsp3) is 0.286. The molecule has 1 aliphatic heterocycles. The average Bonchev–Trinajstić information content (AvgIpc) is 2.82. The van der Waals surface area contributed by atoms with E-state index in [1.165, 1.54) is 10.5 Å². The summed E-state index contributed by atoms with van der Waals surface area (Å²) in [5.74, 6) is -0.677. The van der Waals surface area contributed by atoms with Gasteiger partial charge in [0.05, 0.1) is 11.1 Å². The van der Waals surface area contributed by atoms with Crippen LogP contribution in [0.25, 0.3) is 0 Å². The molecule has 134 valence electrons. The van der Waals surface area contributed by atoms with Crippen LogP contribution in [-0.2, 0) is 4.79 Å². The van der Waals surface area contributed by atoms with E-state index in [1.807, 2.05) is 45.0 Å². The number of fused-ring (bicyclic) bond motifs is 1. The molecule has 2 aromatic carbocycles. The number of benzene rings is 2. The van der Waals surface area contributed by atoms with Gasteiger partial charge in [-0.2, -0.15) is 0 Å². The first kappa shape index (κ1) is 17.9. The van der Waals surface area contributed by atoms with E-state index in [2.05, 4.69) is 5.32 Å². The molecule has 3 rings (SSSR count). The normalized spacial score (nSPS) is 13.1. The molecule has 0 spiro atoms. The number of carbonyl (C=O) groups excluding carboxylic acids is 3. The molecule has 5 heteroatoms. The molecule has 0 saturated heterocycles. The van der Waals surface area contributed by atoms with Crippen LogP contribution < -0.4 is 5.32 Å². The van der Waals surface area contributed by atoms with Gasteiger partial charge in [0.1, 0.15) is 0 Å². The topological polar surface area (TPSA) is 66.5 Å². The van der Waals surface area contributed by atoms with E-state index in [1.54, 1.807) is 12.1 Å². The van der Waals surface area contributed by atoms with Crippen molar-refractivity contribution in [3.05, 3.63) is 64.2 Å². The van der Waals surface area contributed by atoms with E-state index in [0.717, 1.165) is 16.8 Å². The lowest BCUT2D eigenvalue weighted by Crippen LogP contribution is -2.31. The zero-order chi connectivity index (χ0) is 18.8. The number of anilines is 1. The van der Waals surface area contributed by atoms with E-state index in [9.17, 15) is 14.4 Å². The number of nitrogens with one attached hydrogen (secondary N) is 1. The van der Waals surface area contributed by atoms with E-state index < -0.39 is 0 Å². The standard InChI is InChI=1S/C21H22N2O3/c1-13-6-9-17-18(11-13)21(26)23(20(17)25)10-4-5-19(24)22-16-8-7-14(2)15(3)12-16/h6-9,11-12H,4-5,10H2,1-3H3,(H,22,24). The molecule has 0 atom stereocenters. The summed E-state index contributed by atoms with van der Waals surface area (Å²) in [5, 5.41) is 2.86. The second-order valence-electron chi connectivity index (χ2n) is 6.76. The lowest BCUT2D eigenvalue weighted by molar-refractivity contribution is -0.116. The van der Waals surface area contributed by atoms with Crippen molar-refractivity contribution < 1.29 is 14.4 Å². The van der Waals surface area contributed by atoms with Crippen molar-refractivity contribution >= 4 is 23.4 Å². The molecule has 26 heavy (non-hydrogen) atoms. The van der Waals surface area contributed by atoms with Crippen LogP contribution in [0.15, 0.2) is 36.4 Å². The molecular weight excluding hydrogens is 328 g/mol. The highest BCUT2D eigenvalue weighted by atomic mass is 16.2. The summed E-state index contributed by atoms with van der Waals surface area (Å²) < 4.78 is 0. The van der Waals surface area contributed by atoms with Crippen molar-refractivity contribution in [2.45, 2.75) is 33.6 Å². The van der Waals surface area contributed by atoms with Crippen LogP contribution in [0, 0.1) is 20.8 Å². The Morgan fingerprint density at radius 1 is 0.923 bits per heavy atom. The minimum absolute atomic E-state index is 0.124. The van der Waals surface area contributed by atoms with Crippen LogP contribution in [-0.4, -0.2) is 29.2 Å². The number of hydrogen-bond acceptors (Lipinski definition) is 3. The third-order valence-electron chi connectivity index (χ3n) is 4.70. The molecule has 1 N–H and O–H groups in total. The number of carbonyl (C=O) groups is 3. The summed E-state index contributed by atoms with van der Waals surface area (Å²) >= 11 is 0. The first-order valence-corrected chi connectivity index (χ1v) is 8.71. The smallest absolute Gasteiger partial charge is 0.261 e. The Hall–Kier alpha value is -2.95. The molecule has 3 amide bonds. The van der Waals surface area contributed by atoms with Gasteiger partial charge in [0.15, 0.2) is 0 Å². The van der Waals surface area contributed by atoms with E-state index in [4.69, 9.17) is 0 Å². The van der Waals surface area contributed by atoms with Gasteiger partial charge in [-0.25, -0.2) is 0 Å². The number of aryl methyl sites for hydroxylation is 3. The molecule has 0 unspecified atom stereocenters. The first-order valence-electron chi connectivity index (χ1n) is 8.71. The fourth-order valence-electron chi connectivity index (χ4n) is 3.05. The van der Waals surface area contributed by atoms with Gasteiger partial charge in [-0.15, -0.1) is 0 Å². The minimum Gasteiger partial charge on any atom is -0.326 e. The van der Waals surface area contributed by atoms with Gasteiger partial charge < -0.3 is 5.32 Å². The molecule has 5 nitrogen and oxygen atoms in total. The lowest BCUT2D eigenvalue weighted by Gasteiger charge is -2.13. The quantitative estimate of drug-likeness (QED) is 0.838. The summed E-state index contributed by atoms with van der Waals surface area (Å²) in [7, 11) is 0. The predicted octanol–water partition coefficient (Wildman–Crippen LogP) is 3.63. The number of imide groups is 1. The summed E-state index contributed by atoms with van der Waals surface area (Å²) in [6.45, 7) is 6.14. The van der Waals surface area contributed by atoms with E-state index in [0.29, 0.717) is 17.5 Å². The summed E-state index contributed by atoms with van der Waals surface area (Å²) in [6.07, 6.45) is 0.681. The number of nitrogens with zero attached hydrogens (tertiary/aromatic N) is 1. The minimum atomic E-state index is -0.278. The molecule has 1 heterocycles. The van der Waals surface area contributed by atoms with Gasteiger partial charge in [-0.1, -0.05) is 17.7 Å². The molecule has 0 bridgehead atoms. The zero-order valence-corrected chi connectivity index (χ0v) is 15.3. The molecule has 1 aliphatic rings. The Morgan fingerprint density at radius 3 is 2.38 bits per heavy atom. The van der Waals surface area contributed by atoms with Crippen molar-refractivity contribution in [2.24, 2.45) is 0 Å². The van der Waals surface area contributed by atoms with Crippen LogP contribution in [0.5, 0.6) is 0 Å². The van der Waals surface area contributed by atoms with E-state index in [-0.39, 0.29) is 30.7 Å². The van der Waals surface area contributed by atoms with Crippen LogP contribution in [0.2, 0.25) is 0 Å². The van der Waals surface area contributed by atoms with Gasteiger partial charge in [0, 0.05) is 18.7 Å². The third-order valence-corrected chi connectivity index (χ3v) is 4.70. The number of rotatable bonds is 5. The third kappa shape index (κ3) is 3.52. The maximum Gasteiger partial charge on any atom is 0.261 e. The highest BCUT2D eigenvalue weighted by Crippen LogP contribution is 2.24. The van der Waals surface area contributed by atoms with Crippen molar-refractivity contribution in [3.8, 4) is 0 Å². The Kier molecular flexibility index (Phi) is 4.89. The van der Waals surface area contributed by atoms with Gasteiger partial charge in [0.25, 0.3) is 11.8 Å². The van der Waals surface area contributed by atoms with Crippen LogP contribution >= 0.6 is 0 Å². The lowest BCUT2D eigenvalue weighted by atomic mass is 10.1. The second kappa shape index (κ2) is 7.12. The van der Waals surface area contributed by atoms with E-state index >= 15 is 0 Å². The fourth-order valence-corrected chi connectivity index (χ4v) is 3.05. The SMILES string of the molecule is Cc1ccc2c(c1)C(=O)N(CCCC(=O)Nc1ccc(C)c(C)c1)C2=O. The predicted molar refractivity (Wildman–Crippen MR) is 100 cm³/mol. The zero-order valence-electron chi connectivity index (χ0n) is 15.3. The van der Waals surface area contributed by atoms with Crippen LogP contribution in [0.3, 0.4) is 0 Å². The van der Waals surface area contributed by atoms with Gasteiger partial charge in [-0.3, -0.25) is 19.3 Å². The van der Waals surface area contributed by atoms with Gasteiger partial charge in [-0.05, 0) is 62.6 Å². The molecule has 2 aromatic rings. The Labute approximate surface area is 153 Å².